The van der Waals surface area contributed by atoms with Gasteiger partial charge in [-0.3, -0.25) is 0 Å². The molecule has 1 spiro atoms. The van der Waals surface area contributed by atoms with Crippen LogP contribution in [-0.4, -0.2) is 17.8 Å². The third-order valence-electron chi connectivity index (χ3n) is 3.11. The van der Waals surface area contributed by atoms with Crippen molar-refractivity contribution in [2.24, 2.45) is 17.1 Å². The van der Waals surface area contributed by atoms with Gasteiger partial charge in [-0.15, -0.1) is 12.4 Å². The van der Waals surface area contributed by atoms with Gasteiger partial charge in [-0.2, -0.15) is 0 Å². The summed E-state index contributed by atoms with van der Waals surface area (Å²) in [4.78, 5) is 0. The number of hydrogen-bond donors (Lipinski definition) is 2. The normalized spacial score (nSPS) is 47.5. The smallest absolute Gasteiger partial charge is 0.0550 e. The Hall–Kier alpha value is 0.210. The quantitative estimate of drug-likeness (QED) is 0.626. The molecule has 0 radical (unpaired) electrons. The van der Waals surface area contributed by atoms with Gasteiger partial charge in [0.05, 0.1) is 6.10 Å². The first-order valence-corrected chi connectivity index (χ1v) is 4.12. The van der Waals surface area contributed by atoms with E-state index in [1.807, 2.05) is 0 Å². The van der Waals surface area contributed by atoms with E-state index in [9.17, 15) is 0 Å². The van der Waals surface area contributed by atoms with Crippen LogP contribution in [0.3, 0.4) is 0 Å². The molecule has 2 nitrogen and oxygen atoms in total. The summed E-state index contributed by atoms with van der Waals surface area (Å²) in [5.74, 6) is 0.771. The molecule has 0 bridgehead atoms. The standard InChI is InChI=1S/C8H15NO.ClH/c9-5-6-1-8(2-6)3-7(10)4-8;/h6-7,10H,1-5,9H2;1H. The molecule has 11 heavy (non-hydrogen) atoms. The van der Waals surface area contributed by atoms with Crippen molar-refractivity contribution in [3.63, 3.8) is 0 Å². The lowest BCUT2D eigenvalue weighted by Gasteiger charge is -2.56. The molecule has 2 aliphatic carbocycles. The van der Waals surface area contributed by atoms with E-state index in [1.165, 1.54) is 12.8 Å². The van der Waals surface area contributed by atoms with Crippen LogP contribution in [-0.2, 0) is 0 Å². The third kappa shape index (κ3) is 1.40. The minimum Gasteiger partial charge on any atom is -0.393 e. The van der Waals surface area contributed by atoms with Gasteiger partial charge in [0.1, 0.15) is 0 Å². The largest absolute Gasteiger partial charge is 0.393 e. The molecule has 0 heterocycles. The van der Waals surface area contributed by atoms with Gasteiger partial charge < -0.3 is 10.8 Å². The van der Waals surface area contributed by atoms with E-state index < -0.39 is 0 Å². The molecule has 2 saturated carbocycles. The van der Waals surface area contributed by atoms with Gasteiger partial charge in [0.2, 0.25) is 0 Å². The molecule has 0 amide bonds. The minimum absolute atomic E-state index is 0. The Morgan fingerprint density at radius 2 is 1.82 bits per heavy atom. The fraction of sp³-hybridized carbons (Fsp3) is 1.00. The van der Waals surface area contributed by atoms with Crippen molar-refractivity contribution in [3.05, 3.63) is 0 Å². The van der Waals surface area contributed by atoms with Crippen molar-refractivity contribution < 1.29 is 5.11 Å². The maximum absolute atomic E-state index is 9.08. The van der Waals surface area contributed by atoms with Gasteiger partial charge in [-0.05, 0) is 43.6 Å². The van der Waals surface area contributed by atoms with Crippen molar-refractivity contribution in [2.45, 2.75) is 31.8 Å². The van der Waals surface area contributed by atoms with E-state index in [1.54, 1.807) is 0 Å². The summed E-state index contributed by atoms with van der Waals surface area (Å²) < 4.78 is 0. The van der Waals surface area contributed by atoms with E-state index in [-0.39, 0.29) is 18.5 Å². The minimum atomic E-state index is 0. The number of aliphatic hydroxyl groups is 1. The summed E-state index contributed by atoms with van der Waals surface area (Å²) in [6, 6.07) is 0. The number of rotatable bonds is 1. The number of aliphatic hydroxyl groups excluding tert-OH is 1. The molecule has 2 aliphatic rings. The van der Waals surface area contributed by atoms with Gasteiger partial charge >= 0.3 is 0 Å². The highest BCUT2D eigenvalue weighted by Crippen LogP contribution is 2.58. The number of halogens is 1. The van der Waals surface area contributed by atoms with Crippen LogP contribution in [0.4, 0.5) is 0 Å². The summed E-state index contributed by atoms with van der Waals surface area (Å²) in [7, 11) is 0. The molecule has 0 aromatic heterocycles. The topological polar surface area (TPSA) is 46.2 Å². The van der Waals surface area contributed by atoms with Crippen LogP contribution in [0.2, 0.25) is 0 Å². The van der Waals surface area contributed by atoms with Gasteiger partial charge in [0.15, 0.2) is 0 Å². The van der Waals surface area contributed by atoms with Crippen LogP contribution in [0.1, 0.15) is 25.7 Å². The van der Waals surface area contributed by atoms with Crippen LogP contribution >= 0.6 is 12.4 Å². The molecule has 0 atom stereocenters. The maximum atomic E-state index is 9.08. The average Bonchev–Trinajstić information content (AvgIpc) is 1.74. The molecule has 3 N–H and O–H groups in total. The summed E-state index contributed by atoms with van der Waals surface area (Å²) in [6.07, 6.45) is 4.66. The van der Waals surface area contributed by atoms with E-state index in [0.717, 1.165) is 25.3 Å². The Labute approximate surface area is 73.6 Å². The highest BCUT2D eigenvalue weighted by molar-refractivity contribution is 5.85. The Kier molecular flexibility index (Phi) is 2.47. The SMILES string of the molecule is Cl.NCC1CC2(CC(O)C2)C1. The fourth-order valence-corrected chi connectivity index (χ4v) is 2.60. The first kappa shape index (κ1) is 9.30. The zero-order valence-electron chi connectivity index (χ0n) is 6.62. The van der Waals surface area contributed by atoms with Crippen molar-refractivity contribution >= 4 is 12.4 Å². The molecule has 2 fully saturated rings. The summed E-state index contributed by atoms with van der Waals surface area (Å²) in [6.45, 7) is 0.845. The van der Waals surface area contributed by atoms with E-state index >= 15 is 0 Å². The lowest BCUT2D eigenvalue weighted by molar-refractivity contribution is -0.108. The Morgan fingerprint density at radius 1 is 1.27 bits per heavy atom. The van der Waals surface area contributed by atoms with Crippen LogP contribution in [0, 0.1) is 11.3 Å². The number of hydrogen-bond acceptors (Lipinski definition) is 2. The molecule has 0 aliphatic heterocycles. The van der Waals surface area contributed by atoms with Gasteiger partial charge in [-0.1, -0.05) is 0 Å². The number of nitrogens with two attached hydrogens (primary N) is 1. The van der Waals surface area contributed by atoms with Gasteiger partial charge in [-0.25, -0.2) is 0 Å². The van der Waals surface area contributed by atoms with Crippen molar-refractivity contribution in [3.8, 4) is 0 Å². The Balaban J connectivity index is 0.000000605. The van der Waals surface area contributed by atoms with E-state index in [2.05, 4.69) is 0 Å². The monoisotopic (exact) mass is 177 g/mol. The summed E-state index contributed by atoms with van der Waals surface area (Å²) in [5, 5.41) is 9.08. The zero-order chi connectivity index (χ0) is 7.19. The second-order valence-electron chi connectivity index (χ2n) is 4.07. The van der Waals surface area contributed by atoms with Crippen molar-refractivity contribution in [1.29, 1.82) is 0 Å². The van der Waals surface area contributed by atoms with Gasteiger partial charge in [0.25, 0.3) is 0 Å². The van der Waals surface area contributed by atoms with E-state index in [0.29, 0.717) is 5.41 Å². The van der Waals surface area contributed by atoms with Crippen LogP contribution < -0.4 is 5.73 Å². The second kappa shape index (κ2) is 2.92. The predicted molar refractivity (Wildman–Crippen MR) is 46.7 cm³/mol. The van der Waals surface area contributed by atoms with Crippen LogP contribution in [0.25, 0.3) is 0 Å². The van der Waals surface area contributed by atoms with Gasteiger partial charge in [0, 0.05) is 0 Å². The first-order valence-electron chi connectivity index (χ1n) is 4.12. The molecule has 0 unspecified atom stereocenters. The lowest BCUT2D eigenvalue weighted by atomic mass is 9.51. The van der Waals surface area contributed by atoms with E-state index in [4.69, 9.17) is 10.8 Å². The summed E-state index contributed by atoms with van der Waals surface area (Å²) in [5.41, 5.74) is 6.06. The van der Waals surface area contributed by atoms with Crippen molar-refractivity contribution in [1.82, 2.24) is 0 Å². The highest BCUT2D eigenvalue weighted by Gasteiger charge is 2.51. The van der Waals surface area contributed by atoms with Crippen LogP contribution in [0.5, 0.6) is 0 Å². The Morgan fingerprint density at radius 3 is 2.18 bits per heavy atom. The second-order valence-corrected chi connectivity index (χ2v) is 4.07. The maximum Gasteiger partial charge on any atom is 0.0550 e. The summed E-state index contributed by atoms with van der Waals surface area (Å²) >= 11 is 0. The molecular formula is C8H16ClNO. The van der Waals surface area contributed by atoms with Crippen LogP contribution in [0.15, 0.2) is 0 Å². The molecule has 3 heteroatoms. The van der Waals surface area contributed by atoms with Crippen molar-refractivity contribution in [2.75, 3.05) is 6.54 Å². The zero-order valence-corrected chi connectivity index (χ0v) is 7.44. The molecule has 0 aromatic rings. The molecule has 2 rings (SSSR count). The molecule has 0 saturated heterocycles. The highest BCUT2D eigenvalue weighted by atomic mass is 35.5. The first-order chi connectivity index (χ1) is 4.74. The average molecular weight is 178 g/mol. The third-order valence-corrected chi connectivity index (χ3v) is 3.11. The Bertz CT molecular complexity index is 137. The molecular weight excluding hydrogens is 162 g/mol. The lowest BCUT2D eigenvalue weighted by Crippen LogP contribution is -2.51. The fourth-order valence-electron chi connectivity index (χ4n) is 2.60. The molecule has 0 aromatic carbocycles. The molecule has 66 valence electrons. The predicted octanol–water partition coefficient (Wildman–Crippen LogP) is 0.918.